The minimum Gasteiger partial charge on any atom is -0.480 e. The molecule has 8 heteroatoms. The summed E-state index contributed by atoms with van der Waals surface area (Å²) in [4.78, 5) is 38.1. The zero-order chi connectivity index (χ0) is 25.8. The third-order valence-electron chi connectivity index (χ3n) is 5.38. The van der Waals surface area contributed by atoms with E-state index in [0.29, 0.717) is 6.42 Å². The monoisotopic (exact) mass is 484 g/mol. The Hall–Kier alpha value is -3.39. The van der Waals surface area contributed by atoms with Crippen LogP contribution in [0.3, 0.4) is 0 Å². The maximum Gasteiger partial charge on any atom is 0.336 e. The van der Waals surface area contributed by atoms with Gasteiger partial charge >= 0.3 is 18.0 Å². The highest BCUT2D eigenvalue weighted by Gasteiger charge is 2.28. The number of esters is 1. The van der Waals surface area contributed by atoms with E-state index < -0.39 is 30.1 Å². The molecule has 0 fully saturated rings. The number of ether oxygens (including phenoxy) is 1. The van der Waals surface area contributed by atoms with Crippen LogP contribution < -0.4 is 5.32 Å². The fourth-order valence-electron chi connectivity index (χ4n) is 3.52. The Morgan fingerprint density at radius 1 is 0.971 bits per heavy atom. The molecule has 2 amide bonds. The van der Waals surface area contributed by atoms with E-state index in [2.05, 4.69) is 5.32 Å². The second-order valence-corrected chi connectivity index (χ2v) is 8.94. The molecule has 0 bridgehead atoms. The summed E-state index contributed by atoms with van der Waals surface area (Å²) in [6.45, 7) is 5.88. The molecule has 0 spiro atoms. The lowest BCUT2D eigenvalue weighted by atomic mass is 10.0. The largest absolute Gasteiger partial charge is 0.480 e. The van der Waals surface area contributed by atoms with Crippen molar-refractivity contribution in [2.75, 3.05) is 19.7 Å². The van der Waals surface area contributed by atoms with E-state index >= 15 is 0 Å². The SMILES string of the molecule is CCCCOC(=O)[C@@H](O)CN(CC(C)C)C(=O)N[C@H](Cc1ccc(-c2ccccc2)cc1)C(=O)O. The number of rotatable bonds is 13. The molecule has 8 nitrogen and oxygen atoms in total. The number of carboxylic acid groups (broad SMARTS) is 1. The van der Waals surface area contributed by atoms with Crippen LogP contribution in [0.1, 0.15) is 39.2 Å². The molecule has 35 heavy (non-hydrogen) atoms. The van der Waals surface area contributed by atoms with Crippen molar-refractivity contribution in [3.05, 3.63) is 60.2 Å². The van der Waals surface area contributed by atoms with E-state index in [1.807, 2.05) is 75.4 Å². The van der Waals surface area contributed by atoms with Gasteiger partial charge in [0.1, 0.15) is 6.04 Å². The summed E-state index contributed by atoms with van der Waals surface area (Å²) in [5.74, 6) is -1.93. The van der Waals surface area contributed by atoms with Crippen molar-refractivity contribution in [3.63, 3.8) is 0 Å². The molecule has 190 valence electrons. The number of aliphatic hydroxyl groups is 1. The maximum absolute atomic E-state index is 12.9. The lowest BCUT2D eigenvalue weighted by Gasteiger charge is -2.28. The van der Waals surface area contributed by atoms with Crippen molar-refractivity contribution in [1.29, 1.82) is 0 Å². The van der Waals surface area contributed by atoms with Crippen LogP contribution >= 0.6 is 0 Å². The lowest BCUT2D eigenvalue weighted by molar-refractivity contribution is -0.154. The smallest absolute Gasteiger partial charge is 0.336 e. The average molecular weight is 485 g/mol. The quantitative estimate of drug-likeness (QED) is 0.295. The van der Waals surface area contributed by atoms with E-state index in [4.69, 9.17) is 4.74 Å². The molecule has 0 aromatic heterocycles. The predicted molar refractivity (Wildman–Crippen MR) is 134 cm³/mol. The van der Waals surface area contributed by atoms with Crippen molar-refractivity contribution in [2.45, 2.75) is 52.2 Å². The molecular weight excluding hydrogens is 448 g/mol. The number of unbranched alkanes of at least 4 members (excludes halogenated alkanes) is 1. The number of hydrogen-bond donors (Lipinski definition) is 3. The average Bonchev–Trinajstić information content (AvgIpc) is 2.83. The maximum atomic E-state index is 12.9. The summed E-state index contributed by atoms with van der Waals surface area (Å²) in [6, 6.07) is 15.5. The molecule has 0 unspecified atom stereocenters. The van der Waals surface area contributed by atoms with Crippen LogP contribution in [0, 0.1) is 5.92 Å². The summed E-state index contributed by atoms with van der Waals surface area (Å²) in [5.41, 5.74) is 2.82. The first-order valence-corrected chi connectivity index (χ1v) is 12.0. The van der Waals surface area contributed by atoms with Gasteiger partial charge in [-0.15, -0.1) is 0 Å². The van der Waals surface area contributed by atoms with Gasteiger partial charge in [-0.3, -0.25) is 0 Å². The highest BCUT2D eigenvalue weighted by molar-refractivity contribution is 5.83. The summed E-state index contributed by atoms with van der Waals surface area (Å²) in [5, 5.41) is 22.5. The third-order valence-corrected chi connectivity index (χ3v) is 5.38. The number of carbonyl (C=O) groups excluding carboxylic acids is 2. The molecule has 0 radical (unpaired) electrons. The summed E-state index contributed by atoms with van der Waals surface area (Å²) in [6.07, 6.45) is 0.107. The van der Waals surface area contributed by atoms with Gasteiger partial charge in [0.2, 0.25) is 0 Å². The number of nitrogens with one attached hydrogen (secondary N) is 1. The van der Waals surface area contributed by atoms with Gasteiger partial charge in [-0.05, 0) is 29.0 Å². The number of aliphatic carboxylic acids is 1. The van der Waals surface area contributed by atoms with Gasteiger partial charge in [-0.2, -0.15) is 0 Å². The highest BCUT2D eigenvalue weighted by Crippen LogP contribution is 2.20. The van der Waals surface area contributed by atoms with Crippen LogP contribution in [0.15, 0.2) is 54.6 Å². The topological polar surface area (TPSA) is 116 Å². The Morgan fingerprint density at radius 3 is 2.17 bits per heavy atom. The molecule has 2 atom stereocenters. The number of urea groups is 1. The summed E-state index contributed by atoms with van der Waals surface area (Å²) >= 11 is 0. The molecule has 0 aliphatic heterocycles. The van der Waals surface area contributed by atoms with Crippen LogP contribution in [0.4, 0.5) is 4.79 Å². The number of carboxylic acids is 1. The van der Waals surface area contributed by atoms with Crippen LogP contribution in [0.5, 0.6) is 0 Å². The summed E-state index contributed by atoms with van der Waals surface area (Å²) in [7, 11) is 0. The molecule has 3 N–H and O–H groups in total. The molecule has 0 heterocycles. The Labute approximate surface area is 206 Å². The van der Waals surface area contributed by atoms with Crippen LogP contribution in [-0.4, -0.2) is 64.9 Å². The first-order valence-electron chi connectivity index (χ1n) is 12.0. The van der Waals surface area contributed by atoms with Crippen LogP contribution in [-0.2, 0) is 20.7 Å². The Morgan fingerprint density at radius 2 is 1.60 bits per heavy atom. The zero-order valence-corrected chi connectivity index (χ0v) is 20.6. The number of hydrogen-bond acceptors (Lipinski definition) is 5. The number of carbonyl (C=O) groups is 3. The highest BCUT2D eigenvalue weighted by atomic mass is 16.5. The van der Waals surface area contributed by atoms with Crippen molar-refractivity contribution in [1.82, 2.24) is 10.2 Å². The van der Waals surface area contributed by atoms with Gasteiger partial charge in [-0.1, -0.05) is 81.8 Å². The van der Waals surface area contributed by atoms with E-state index in [1.165, 1.54) is 4.90 Å². The molecule has 0 aliphatic rings. The number of amides is 2. The molecule has 2 aromatic rings. The standard InChI is InChI=1S/C27H36N2O6/c1-4-5-15-35-26(33)24(30)18-29(17-19(2)3)27(34)28-23(25(31)32)16-20-11-13-22(14-12-20)21-9-7-6-8-10-21/h6-14,19,23-24,30H,4-5,15-18H2,1-3H3,(H,28,34)(H,31,32)/t23-,24+/m1/s1. The number of benzene rings is 2. The van der Waals surface area contributed by atoms with Crippen molar-refractivity contribution < 1.29 is 29.3 Å². The molecule has 2 rings (SSSR count). The number of nitrogens with zero attached hydrogens (tertiary/aromatic N) is 1. The first-order chi connectivity index (χ1) is 16.7. The Balaban J connectivity index is 2.04. The van der Waals surface area contributed by atoms with Crippen molar-refractivity contribution in [2.24, 2.45) is 5.92 Å². The predicted octanol–water partition coefficient (Wildman–Crippen LogP) is 3.72. The molecule has 2 aromatic carbocycles. The van der Waals surface area contributed by atoms with Gasteiger partial charge in [0.05, 0.1) is 13.2 Å². The number of aliphatic hydroxyl groups excluding tert-OH is 1. The zero-order valence-electron chi connectivity index (χ0n) is 20.6. The van der Waals surface area contributed by atoms with E-state index in [0.717, 1.165) is 23.1 Å². The summed E-state index contributed by atoms with van der Waals surface area (Å²) < 4.78 is 5.03. The Kier molecular flexibility index (Phi) is 11.2. The third kappa shape index (κ3) is 9.41. The fourth-order valence-corrected chi connectivity index (χ4v) is 3.52. The van der Waals surface area contributed by atoms with Gasteiger partial charge in [0.15, 0.2) is 6.10 Å². The Bertz CT molecular complexity index is 946. The van der Waals surface area contributed by atoms with Crippen LogP contribution in [0.2, 0.25) is 0 Å². The van der Waals surface area contributed by atoms with E-state index in [-0.39, 0.29) is 32.0 Å². The second-order valence-electron chi connectivity index (χ2n) is 8.94. The first kappa shape index (κ1) is 27.9. The van der Waals surface area contributed by atoms with Gasteiger partial charge in [-0.25, -0.2) is 14.4 Å². The molecule has 0 aliphatic carbocycles. The minimum atomic E-state index is -1.51. The second kappa shape index (κ2) is 14.1. The lowest BCUT2D eigenvalue weighted by Crippen LogP contribution is -2.52. The molecule has 0 saturated carbocycles. The van der Waals surface area contributed by atoms with Crippen molar-refractivity contribution >= 4 is 18.0 Å². The molecular formula is C27H36N2O6. The fraction of sp³-hybridized carbons (Fsp3) is 0.444. The van der Waals surface area contributed by atoms with Gasteiger partial charge < -0.3 is 25.2 Å². The van der Waals surface area contributed by atoms with Crippen molar-refractivity contribution in [3.8, 4) is 11.1 Å². The van der Waals surface area contributed by atoms with Gasteiger partial charge in [0, 0.05) is 13.0 Å². The molecule has 0 saturated heterocycles. The van der Waals surface area contributed by atoms with Gasteiger partial charge in [0.25, 0.3) is 0 Å². The minimum absolute atomic E-state index is 0.0397. The van der Waals surface area contributed by atoms with E-state index in [9.17, 15) is 24.6 Å². The van der Waals surface area contributed by atoms with E-state index in [1.54, 1.807) is 0 Å². The van der Waals surface area contributed by atoms with Crippen LogP contribution in [0.25, 0.3) is 11.1 Å². The normalized spacial score (nSPS) is 12.6.